The molecule has 0 saturated carbocycles. The number of para-hydroxylation sites is 3. The highest BCUT2D eigenvalue weighted by Gasteiger charge is 2.21. The molecule has 0 spiro atoms. The predicted molar refractivity (Wildman–Crippen MR) is 144 cm³/mol. The number of hydrogen-bond donors (Lipinski definition) is 3. The van der Waals surface area contributed by atoms with Crippen LogP contribution in [-0.4, -0.2) is 22.2 Å². The van der Waals surface area contributed by atoms with Gasteiger partial charge in [-0.15, -0.1) is 0 Å². The molecule has 0 unspecified atom stereocenters. The van der Waals surface area contributed by atoms with E-state index in [1.165, 1.54) is 5.39 Å². The number of furan rings is 1. The van der Waals surface area contributed by atoms with Gasteiger partial charge in [-0.2, -0.15) is 0 Å². The molecule has 5 aromatic carbocycles. The number of aromatic nitrogens is 1. The summed E-state index contributed by atoms with van der Waals surface area (Å²) in [6, 6.07) is 34.7. The zero-order valence-corrected chi connectivity index (χ0v) is 18.7. The van der Waals surface area contributed by atoms with Gasteiger partial charge >= 0.3 is 7.12 Å². The molecule has 2 aromatic heterocycles. The lowest BCUT2D eigenvalue weighted by molar-refractivity contribution is 0.425. The molecule has 35 heavy (non-hydrogen) atoms. The highest BCUT2D eigenvalue weighted by Crippen LogP contribution is 2.41. The van der Waals surface area contributed by atoms with Gasteiger partial charge in [0.25, 0.3) is 0 Å². The van der Waals surface area contributed by atoms with Gasteiger partial charge in [0, 0.05) is 43.7 Å². The van der Waals surface area contributed by atoms with E-state index in [1.807, 2.05) is 36.4 Å². The Labute approximate surface area is 201 Å². The first-order chi connectivity index (χ1) is 17.2. The SMILES string of the molecule is OB(O)c1cccc2c1oc1c(-c3cc(-c4ccccc4)c4[nH]c5ccccc5c4c3)cccc12. The van der Waals surface area contributed by atoms with E-state index in [2.05, 4.69) is 65.6 Å². The average Bonchev–Trinajstić information content (AvgIpc) is 3.47. The summed E-state index contributed by atoms with van der Waals surface area (Å²) in [5.74, 6) is 0. The lowest BCUT2D eigenvalue weighted by Crippen LogP contribution is -2.29. The van der Waals surface area contributed by atoms with Gasteiger partial charge in [0.1, 0.15) is 11.2 Å². The Morgan fingerprint density at radius 2 is 1.29 bits per heavy atom. The molecule has 4 nitrogen and oxygen atoms in total. The van der Waals surface area contributed by atoms with Crippen LogP contribution >= 0.6 is 0 Å². The molecule has 0 bridgehead atoms. The van der Waals surface area contributed by atoms with E-state index in [9.17, 15) is 10.0 Å². The highest BCUT2D eigenvalue weighted by molar-refractivity contribution is 6.61. The number of aromatic amines is 1. The molecule has 0 atom stereocenters. The molecule has 0 aliphatic rings. The van der Waals surface area contributed by atoms with Gasteiger partial charge in [0.05, 0.1) is 5.52 Å². The van der Waals surface area contributed by atoms with Crippen molar-refractivity contribution in [2.45, 2.75) is 0 Å². The molecule has 2 heterocycles. The van der Waals surface area contributed by atoms with E-state index in [-0.39, 0.29) is 0 Å². The van der Waals surface area contributed by atoms with Gasteiger partial charge in [0.15, 0.2) is 0 Å². The quantitative estimate of drug-likeness (QED) is 0.278. The van der Waals surface area contributed by atoms with E-state index in [0.717, 1.165) is 55.0 Å². The van der Waals surface area contributed by atoms with Gasteiger partial charge in [-0.25, -0.2) is 0 Å². The normalized spacial score (nSPS) is 11.7. The van der Waals surface area contributed by atoms with Crippen LogP contribution in [0.3, 0.4) is 0 Å². The molecular formula is C30H20BNO3. The maximum Gasteiger partial charge on any atom is 0.492 e. The van der Waals surface area contributed by atoms with E-state index >= 15 is 0 Å². The summed E-state index contributed by atoms with van der Waals surface area (Å²) >= 11 is 0. The predicted octanol–water partition coefficient (Wildman–Crippen LogP) is 6.23. The van der Waals surface area contributed by atoms with Crippen LogP contribution in [0.15, 0.2) is 108 Å². The monoisotopic (exact) mass is 453 g/mol. The van der Waals surface area contributed by atoms with Crippen molar-refractivity contribution in [3.63, 3.8) is 0 Å². The summed E-state index contributed by atoms with van der Waals surface area (Å²) in [5.41, 5.74) is 8.04. The topological polar surface area (TPSA) is 69.4 Å². The van der Waals surface area contributed by atoms with Crippen LogP contribution in [0.4, 0.5) is 0 Å². The lowest BCUT2D eigenvalue weighted by atomic mass is 9.79. The zero-order valence-electron chi connectivity index (χ0n) is 18.7. The number of nitrogens with one attached hydrogen (secondary N) is 1. The van der Waals surface area contributed by atoms with Crippen LogP contribution in [-0.2, 0) is 0 Å². The molecule has 0 saturated heterocycles. The van der Waals surface area contributed by atoms with Crippen molar-refractivity contribution >= 4 is 56.3 Å². The first-order valence-electron chi connectivity index (χ1n) is 11.6. The molecular weight excluding hydrogens is 433 g/mol. The maximum atomic E-state index is 9.88. The van der Waals surface area contributed by atoms with Crippen LogP contribution in [0.2, 0.25) is 0 Å². The summed E-state index contributed by atoms with van der Waals surface area (Å²) in [4.78, 5) is 3.62. The second kappa shape index (κ2) is 7.60. The lowest BCUT2D eigenvalue weighted by Gasteiger charge is -2.09. The highest BCUT2D eigenvalue weighted by atomic mass is 16.4. The Kier molecular flexibility index (Phi) is 4.36. The van der Waals surface area contributed by atoms with Crippen molar-refractivity contribution in [3.05, 3.63) is 103 Å². The zero-order chi connectivity index (χ0) is 23.5. The van der Waals surface area contributed by atoms with Crippen LogP contribution in [0.5, 0.6) is 0 Å². The van der Waals surface area contributed by atoms with Gasteiger partial charge < -0.3 is 19.4 Å². The summed E-state index contributed by atoms with van der Waals surface area (Å²) in [6.45, 7) is 0. The Hall–Kier alpha value is -4.32. The van der Waals surface area contributed by atoms with Gasteiger partial charge in [0.2, 0.25) is 0 Å². The van der Waals surface area contributed by atoms with Gasteiger partial charge in [-0.3, -0.25) is 0 Å². The van der Waals surface area contributed by atoms with Crippen molar-refractivity contribution < 1.29 is 14.5 Å². The van der Waals surface area contributed by atoms with Crippen LogP contribution < -0.4 is 5.46 Å². The number of hydrogen-bond acceptors (Lipinski definition) is 3. The van der Waals surface area contributed by atoms with E-state index < -0.39 is 7.12 Å². The smallest absolute Gasteiger partial charge is 0.456 e. The van der Waals surface area contributed by atoms with Gasteiger partial charge in [-0.05, 0) is 29.3 Å². The molecule has 0 amide bonds. The van der Waals surface area contributed by atoms with Crippen LogP contribution in [0, 0.1) is 0 Å². The molecule has 0 aliphatic heterocycles. The summed E-state index contributed by atoms with van der Waals surface area (Å²) in [5, 5.41) is 23.9. The molecule has 7 rings (SSSR count). The fourth-order valence-electron chi connectivity index (χ4n) is 5.22. The molecule has 5 heteroatoms. The number of rotatable bonds is 3. The minimum Gasteiger partial charge on any atom is -0.456 e. The summed E-state index contributed by atoms with van der Waals surface area (Å²) in [6.07, 6.45) is 0. The molecule has 0 aliphatic carbocycles. The Morgan fingerprint density at radius 1 is 0.571 bits per heavy atom. The second-order valence-electron chi connectivity index (χ2n) is 8.86. The molecule has 0 fully saturated rings. The van der Waals surface area contributed by atoms with Crippen molar-refractivity contribution in [1.82, 2.24) is 4.98 Å². The second-order valence-corrected chi connectivity index (χ2v) is 8.86. The Bertz CT molecular complexity index is 1880. The van der Waals surface area contributed by atoms with Crippen molar-refractivity contribution in [2.75, 3.05) is 0 Å². The van der Waals surface area contributed by atoms with E-state index in [1.54, 1.807) is 6.07 Å². The van der Waals surface area contributed by atoms with Crippen LogP contribution in [0.1, 0.15) is 0 Å². The fourth-order valence-corrected chi connectivity index (χ4v) is 5.22. The third-order valence-corrected chi connectivity index (χ3v) is 6.84. The first-order valence-corrected chi connectivity index (χ1v) is 11.6. The molecule has 0 radical (unpaired) electrons. The first kappa shape index (κ1) is 20.1. The maximum absolute atomic E-state index is 9.88. The molecule has 7 aromatic rings. The third-order valence-electron chi connectivity index (χ3n) is 6.84. The minimum atomic E-state index is -1.60. The van der Waals surface area contributed by atoms with Crippen molar-refractivity contribution in [3.8, 4) is 22.3 Å². The number of benzene rings is 5. The molecule has 3 N–H and O–H groups in total. The van der Waals surface area contributed by atoms with Gasteiger partial charge in [-0.1, -0.05) is 84.9 Å². The largest absolute Gasteiger partial charge is 0.492 e. The van der Waals surface area contributed by atoms with Crippen molar-refractivity contribution in [2.24, 2.45) is 0 Å². The van der Waals surface area contributed by atoms with Crippen LogP contribution in [0.25, 0.3) is 66.0 Å². The third kappa shape index (κ3) is 3.03. The Morgan fingerprint density at radius 3 is 2.11 bits per heavy atom. The Balaban J connectivity index is 1.58. The number of fused-ring (bicyclic) bond motifs is 6. The minimum absolute atomic E-state index is 0.363. The molecule has 166 valence electrons. The standard InChI is InChI=1S/C30H20BNO3/c33-31(34)26-14-7-13-23-22-12-6-11-20(29(22)35-30(23)26)19-16-24(18-8-2-1-3-9-18)28-25(17-19)21-10-4-5-15-27(21)32-28/h1-17,32-34H. The number of H-pyrrole nitrogens is 1. The summed E-state index contributed by atoms with van der Waals surface area (Å²) < 4.78 is 6.33. The van der Waals surface area contributed by atoms with E-state index in [4.69, 9.17) is 4.42 Å². The van der Waals surface area contributed by atoms with E-state index in [0.29, 0.717) is 11.0 Å². The average molecular weight is 453 g/mol. The fraction of sp³-hybridized carbons (Fsp3) is 0. The summed E-state index contributed by atoms with van der Waals surface area (Å²) in [7, 11) is -1.60. The van der Waals surface area contributed by atoms with Crippen molar-refractivity contribution in [1.29, 1.82) is 0 Å².